The van der Waals surface area contributed by atoms with Gasteiger partial charge in [-0.1, -0.05) is 67.1 Å². The zero-order chi connectivity index (χ0) is 17.3. The van der Waals surface area contributed by atoms with Crippen LogP contribution in [0.4, 0.5) is 0 Å². The van der Waals surface area contributed by atoms with Crippen molar-refractivity contribution in [2.45, 2.75) is 50.9 Å². The van der Waals surface area contributed by atoms with Crippen LogP contribution in [0.25, 0.3) is 0 Å². The van der Waals surface area contributed by atoms with Crippen LogP contribution in [0.2, 0.25) is 0 Å². The molecule has 2 aromatic carbocycles. The van der Waals surface area contributed by atoms with Gasteiger partial charge in [0.1, 0.15) is 0 Å². The number of likely N-dealkylation sites (tertiary alicyclic amines) is 1. The average Bonchev–Trinajstić information content (AvgIpc) is 2.93. The molecular weight excluding hydrogens is 306 g/mol. The third-order valence-corrected chi connectivity index (χ3v) is 5.24. The minimum atomic E-state index is 0.343. The molecule has 1 unspecified atom stereocenters. The molecule has 2 heteroatoms. The fourth-order valence-corrected chi connectivity index (χ4v) is 3.77. The van der Waals surface area contributed by atoms with E-state index in [1.54, 1.807) is 0 Å². The average molecular weight is 335 g/mol. The van der Waals surface area contributed by atoms with Crippen LogP contribution >= 0.6 is 0 Å². The van der Waals surface area contributed by atoms with Gasteiger partial charge < -0.3 is 4.90 Å². The summed E-state index contributed by atoms with van der Waals surface area (Å²) in [5.74, 6) is 0.841. The van der Waals surface area contributed by atoms with Crippen LogP contribution in [-0.4, -0.2) is 23.9 Å². The Morgan fingerprint density at radius 3 is 2.40 bits per heavy atom. The Labute approximate surface area is 151 Å². The molecule has 0 N–H and O–H groups in total. The second-order valence-corrected chi connectivity index (χ2v) is 7.14. The zero-order valence-electron chi connectivity index (χ0n) is 15.1. The molecule has 2 nitrogen and oxygen atoms in total. The van der Waals surface area contributed by atoms with Crippen molar-refractivity contribution in [2.24, 2.45) is 0 Å². The molecule has 1 saturated heterocycles. The van der Waals surface area contributed by atoms with Gasteiger partial charge >= 0.3 is 0 Å². The summed E-state index contributed by atoms with van der Waals surface area (Å²) in [6, 6.07) is 21.2. The summed E-state index contributed by atoms with van der Waals surface area (Å²) in [6.45, 7) is 1.82. The highest BCUT2D eigenvalue weighted by Gasteiger charge is 2.22. The lowest BCUT2D eigenvalue weighted by atomic mass is 9.94. The molecule has 0 spiro atoms. The summed E-state index contributed by atoms with van der Waals surface area (Å²) in [5.41, 5.74) is 2.75. The third-order valence-electron chi connectivity index (χ3n) is 5.24. The number of hydrogen-bond donors (Lipinski definition) is 0. The van der Waals surface area contributed by atoms with Crippen molar-refractivity contribution in [1.82, 2.24) is 4.90 Å². The van der Waals surface area contributed by atoms with Crippen molar-refractivity contribution in [1.29, 1.82) is 0 Å². The quantitative estimate of drug-likeness (QED) is 0.665. The number of rotatable bonds is 6. The standard InChI is InChI=1S/C23H29NO/c25-23(17-8-7-13-20-11-3-1-4-12-20)24-18-10-9-16-22(19-24)21-14-5-2-6-15-21/h1-6,11-12,14-15,22H,7-10,13,16-19H2. The lowest BCUT2D eigenvalue weighted by molar-refractivity contribution is -0.131. The van der Waals surface area contributed by atoms with Crippen LogP contribution in [0.3, 0.4) is 0 Å². The lowest BCUT2D eigenvalue weighted by Gasteiger charge is -2.25. The van der Waals surface area contributed by atoms with E-state index in [1.807, 2.05) is 0 Å². The van der Waals surface area contributed by atoms with Crippen molar-refractivity contribution in [3.05, 3.63) is 71.8 Å². The molecule has 1 amide bonds. The number of amides is 1. The molecule has 132 valence electrons. The molecule has 1 atom stereocenters. The largest absolute Gasteiger partial charge is 0.342 e. The number of aryl methyl sites for hydroxylation is 1. The number of carbonyl (C=O) groups is 1. The van der Waals surface area contributed by atoms with Crippen LogP contribution in [-0.2, 0) is 11.2 Å². The molecule has 0 aromatic heterocycles. The maximum atomic E-state index is 12.7. The highest BCUT2D eigenvalue weighted by molar-refractivity contribution is 5.76. The van der Waals surface area contributed by atoms with Crippen molar-refractivity contribution >= 4 is 5.91 Å². The number of carbonyl (C=O) groups excluding carboxylic acids is 1. The molecule has 1 fully saturated rings. The van der Waals surface area contributed by atoms with Crippen molar-refractivity contribution in [2.75, 3.05) is 13.1 Å². The van der Waals surface area contributed by atoms with Crippen molar-refractivity contribution < 1.29 is 4.79 Å². The molecule has 1 heterocycles. The number of nitrogens with zero attached hydrogens (tertiary/aromatic N) is 1. The van der Waals surface area contributed by atoms with Crippen molar-refractivity contribution in [3.63, 3.8) is 0 Å². The van der Waals surface area contributed by atoms with Gasteiger partial charge in [0.15, 0.2) is 0 Å². The topological polar surface area (TPSA) is 20.3 Å². The van der Waals surface area contributed by atoms with Crippen LogP contribution < -0.4 is 0 Å². The van der Waals surface area contributed by atoms with E-state index < -0.39 is 0 Å². The van der Waals surface area contributed by atoms with E-state index in [1.165, 1.54) is 24.0 Å². The summed E-state index contributed by atoms with van der Waals surface area (Å²) in [7, 11) is 0. The Morgan fingerprint density at radius 2 is 1.64 bits per heavy atom. The summed E-state index contributed by atoms with van der Waals surface area (Å²) in [5, 5.41) is 0. The van der Waals surface area contributed by atoms with Crippen LogP contribution in [0.5, 0.6) is 0 Å². The molecule has 0 aliphatic carbocycles. The predicted molar refractivity (Wildman–Crippen MR) is 104 cm³/mol. The minimum Gasteiger partial charge on any atom is -0.342 e. The molecule has 0 bridgehead atoms. The van der Waals surface area contributed by atoms with Gasteiger partial charge in [-0.15, -0.1) is 0 Å². The van der Waals surface area contributed by atoms with Gasteiger partial charge in [0.2, 0.25) is 5.91 Å². The predicted octanol–water partition coefficient (Wildman–Crippen LogP) is 5.20. The Hall–Kier alpha value is -2.09. The van der Waals surface area contributed by atoms with E-state index >= 15 is 0 Å². The van der Waals surface area contributed by atoms with Crippen LogP contribution in [0, 0.1) is 0 Å². The first-order valence-corrected chi connectivity index (χ1v) is 9.69. The van der Waals surface area contributed by atoms with Gasteiger partial charge in [-0.05, 0) is 43.2 Å². The summed E-state index contributed by atoms with van der Waals surface area (Å²) in [6.07, 6.45) is 7.39. The fourth-order valence-electron chi connectivity index (χ4n) is 3.77. The first kappa shape index (κ1) is 17.7. The molecular formula is C23H29NO. The van der Waals surface area contributed by atoms with E-state index in [0.29, 0.717) is 18.2 Å². The minimum absolute atomic E-state index is 0.343. The molecule has 0 saturated carbocycles. The van der Waals surface area contributed by atoms with Gasteiger partial charge in [0, 0.05) is 25.4 Å². The molecule has 3 rings (SSSR count). The molecule has 25 heavy (non-hydrogen) atoms. The molecule has 2 aromatic rings. The van der Waals surface area contributed by atoms with Crippen LogP contribution in [0.1, 0.15) is 55.6 Å². The Balaban J connectivity index is 1.47. The van der Waals surface area contributed by atoms with Gasteiger partial charge in [-0.2, -0.15) is 0 Å². The second kappa shape index (κ2) is 9.41. The fraction of sp³-hybridized carbons (Fsp3) is 0.435. The maximum absolute atomic E-state index is 12.7. The first-order chi connectivity index (χ1) is 12.3. The summed E-state index contributed by atoms with van der Waals surface area (Å²) >= 11 is 0. The number of benzene rings is 2. The van der Waals surface area contributed by atoms with Gasteiger partial charge in [0.25, 0.3) is 0 Å². The molecule has 0 radical (unpaired) electrons. The molecule has 1 aliphatic heterocycles. The summed E-state index contributed by atoms with van der Waals surface area (Å²) < 4.78 is 0. The zero-order valence-corrected chi connectivity index (χ0v) is 15.1. The first-order valence-electron chi connectivity index (χ1n) is 9.69. The van der Waals surface area contributed by atoms with E-state index in [4.69, 9.17) is 0 Å². The van der Waals surface area contributed by atoms with Gasteiger partial charge in [-0.25, -0.2) is 0 Å². The Morgan fingerprint density at radius 1 is 0.920 bits per heavy atom. The third kappa shape index (κ3) is 5.45. The SMILES string of the molecule is O=C(CCCCc1ccccc1)N1CCCCC(c2ccccc2)C1. The van der Waals surface area contributed by atoms with Crippen LogP contribution in [0.15, 0.2) is 60.7 Å². The maximum Gasteiger partial charge on any atom is 0.222 e. The van der Waals surface area contributed by atoms with E-state index in [9.17, 15) is 4.79 Å². The molecule has 1 aliphatic rings. The number of hydrogen-bond acceptors (Lipinski definition) is 1. The van der Waals surface area contributed by atoms with E-state index in [-0.39, 0.29) is 0 Å². The monoisotopic (exact) mass is 335 g/mol. The summed E-state index contributed by atoms with van der Waals surface area (Å²) in [4.78, 5) is 14.8. The van der Waals surface area contributed by atoms with Gasteiger partial charge in [-0.3, -0.25) is 4.79 Å². The van der Waals surface area contributed by atoms with E-state index in [0.717, 1.165) is 38.8 Å². The smallest absolute Gasteiger partial charge is 0.222 e. The Bertz CT molecular complexity index is 638. The van der Waals surface area contributed by atoms with Crippen molar-refractivity contribution in [3.8, 4) is 0 Å². The normalized spacial score (nSPS) is 17.9. The van der Waals surface area contributed by atoms with Gasteiger partial charge in [0.05, 0.1) is 0 Å². The second-order valence-electron chi connectivity index (χ2n) is 7.14. The highest BCUT2D eigenvalue weighted by atomic mass is 16.2. The number of unbranched alkanes of at least 4 members (excludes halogenated alkanes) is 1. The van der Waals surface area contributed by atoms with E-state index in [2.05, 4.69) is 65.6 Å². The lowest BCUT2D eigenvalue weighted by Crippen LogP contribution is -2.33. The Kier molecular flexibility index (Phi) is 6.67. The highest BCUT2D eigenvalue weighted by Crippen LogP contribution is 2.26.